The Kier molecular flexibility index (Phi) is 3.17. The second-order valence-electron chi connectivity index (χ2n) is 5.45. The molecule has 1 heterocycles. The second kappa shape index (κ2) is 4.79. The maximum absolute atomic E-state index is 5.46. The van der Waals surface area contributed by atoms with Crippen molar-refractivity contribution in [2.75, 3.05) is 13.2 Å². The molecule has 92 valence electrons. The first-order chi connectivity index (χ1) is 8.33. The number of benzene rings is 1. The van der Waals surface area contributed by atoms with Gasteiger partial charge in [0.25, 0.3) is 0 Å². The van der Waals surface area contributed by atoms with Crippen LogP contribution in [0.25, 0.3) is 0 Å². The summed E-state index contributed by atoms with van der Waals surface area (Å²) in [6.45, 7) is 4.19. The van der Waals surface area contributed by atoms with Crippen LogP contribution in [0.2, 0.25) is 0 Å². The van der Waals surface area contributed by atoms with E-state index in [1.807, 2.05) is 0 Å². The highest BCUT2D eigenvalue weighted by atomic mass is 16.5. The molecule has 1 aliphatic heterocycles. The van der Waals surface area contributed by atoms with Crippen molar-refractivity contribution in [2.24, 2.45) is 5.92 Å². The molecule has 0 bridgehead atoms. The van der Waals surface area contributed by atoms with Gasteiger partial charge in [0, 0.05) is 18.7 Å². The van der Waals surface area contributed by atoms with Crippen LogP contribution in [0.15, 0.2) is 24.3 Å². The molecule has 2 aliphatic rings. The molecule has 1 saturated heterocycles. The predicted molar refractivity (Wildman–Crippen MR) is 69.2 cm³/mol. The fraction of sp³-hybridized carbons (Fsp3) is 0.600. The van der Waals surface area contributed by atoms with Crippen molar-refractivity contribution in [3.63, 3.8) is 0 Å². The zero-order valence-electron chi connectivity index (χ0n) is 10.5. The Morgan fingerprint density at radius 3 is 2.53 bits per heavy atom. The monoisotopic (exact) mass is 231 g/mol. The van der Waals surface area contributed by atoms with E-state index in [0.717, 1.165) is 13.2 Å². The lowest BCUT2D eigenvalue weighted by molar-refractivity contribution is 0.176. The summed E-state index contributed by atoms with van der Waals surface area (Å²) in [5.41, 5.74) is 3.06. The maximum Gasteiger partial charge on any atom is 0.0509 e. The molecular weight excluding hydrogens is 210 g/mol. The quantitative estimate of drug-likeness (QED) is 0.861. The minimum absolute atomic E-state index is 0.580. The summed E-state index contributed by atoms with van der Waals surface area (Å²) in [6, 6.07) is 10.0. The lowest BCUT2D eigenvalue weighted by atomic mass is 9.99. The molecule has 1 fully saturated rings. The van der Waals surface area contributed by atoms with Gasteiger partial charge in [0.05, 0.1) is 6.61 Å². The third-order valence-corrected chi connectivity index (χ3v) is 4.22. The fourth-order valence-electron chi connectivity index (χ4n) is 3.13. The van der Waals surface area contributed by atoms with E-state index < -0.39 is 0 Å². The van der Waals surface area contributed by atoms with Crippen molar-refractivity contribution in [3.05, 3.63) is 35.4 Å². The van der Waals surface area contributed by atoms with Gasteiger partial charge in [0.1, 0.15) is 0 Å². The van der Waals surface area contributed by atoms with Crippen LogP contribution in [0.5, 0.6) is 0 Å². The topological polar surface area (TPSA) is 21.3 Å². The molecular formula is C15H21NO. The highest BCUT2D eigenvalue weighted by molar-refractivity contribution is 5.33. The number of hydrogen-bond acceptors (Lipinski definition) is 2. The zero-order valence-corrected chi connectivity index (χ0v) is 10.5. The Hall–Kier alpha value is -0.860. The Morgan fingerprint density at radius 1 is 1.24 bits per heavy atom. The van der Waals surface area contributed by atoms with E-state index in [9.17, 15) is 0 Å². The summed E-state index contributed by atoms with van der Waals surface area (Å²) in [5.74, 6) is 0.707. The Balaban J connectivity index is 1.58. The van der Waals surface area contributed by atoms with Crippen LogP contribution in [0, 0.1) is 5.92 Å². The van der Waals surface area contributed by atoms with E-state index in [0.29, 0.717) is 18.0 Å². The first-order valence-electron chi connectivity index (χ1n) is 6.73. The van der Waals surface area contributed by atoms with Gasteiger partial charge in [-0.3, -0.25) is 0 Å². The average Bonchev–Trinajstić information content (AvgIpc) is 2.97. The predicted octanol–water partition coefficient (Wildman–Crippen LogP) is 2.17. The number of rotatable bonds is 3. The van der Waals surface area contributed by atoms with E-state index in [1.54, 1.807) is 0 Å². The highest BCUT2D eigenvalue weighted by Crippen LogP contribution is 2.24. The Bertz CT molecular complexity index is 359. The van der Waals surface area contributed by atoms with Gasteiger partial charge in [0.15, 0.2) is 0 Å². The maximum atomic E-state index is 5.46. The number of fused-ring (bicyclic) bond motifs is 1. The molecule has 2 heteroatoms. The van der Waals surface area contributed by atoms with Gasteiger partial charge < -0.3 is 10.1 Å². The number of nitrogens with one attached hydrogen (secondary N) is 1. The van der Waals surface area contributed by atoms with Gasteiger partial charge in [-0.15, -0.1) is 0 Å². The van der Waals surface area contributed by atoms with E-state index in [2.05, 4.69) is 36.5 Å². The average molecular weight is 231 g/mol. The fourth-order valence-corrected chi connectivity index (χ4v) is 3.13. The van der Waals surface area contributed by atoms with Gasteiger partial charge in [-0.05, 0) is 43.2 Å². The van der Waals surface area contributed by atoms with E-state index >= 15 is 0 Å². The minimum atomic E-state index is 0.580. The van der Waals surface area contributed by atoms with Crippen LogP contribution in [0.1, 0.15) is 24.5 Å². The van der Waals surface area contributed by atoms with Crippen molar-refractivity contribution >= 4 is 0 Å². The minimum Gasteiger partial charge on any atom is -0.381 e. The Labute approximate surface area is 103 Å². The summed E-state index contributed by atoms with van der Waals surface area (Å²) in [7, 11) is 0. The number of hydrogen-bond donors (Lipinski definition) is 1. The van der Waals surface area contributed by atoms with Gasteiger partial charge >= 0.3 is 0 Å². The van der Waals surface area contributed by atoms with E-state index in [-0.39, 0.29) is 0 Å². The van der Waals surface area contributed by atoms with E-state index in [4.69, 9.17) is 4.74 Å². The molecule has 1 aromatic carbocycles. The molecule has 0 amide bonds. The van der Waals surface area contributed by atoms with Gasteiger partial charge in [-0.1, -0.05) is 24.3 Å². The third-order valence-electron chi connectivity index (χ3n) is 4.22. The molecule has 17 heavy (non-hydrogen) atoms. The van der Waals surface area contributed by atoms with Crippen molar-refractivity contribution in [1.29, 1.82) is 0 Å². The molecule has 2 nitrogen and oxygen atoms in total. The smallest absolute Gasteiger partial charge is 0.0509 e. The third kappa shape index (κ3) is 2.38. The summed E-state index contributed by atoms with van der Waals surface area (Å²) < 4.78 is 5.46. The summed E-state index contributed by atoms with van der Waals surface area (Å²) in [6.07, 6.45) is 3.59. The van der Waals surface area contributed by atoms with Gasteiger partial charge in [0.2, 0.25) is 0 Å². The number of ether oxygens (including phenoxy) is 1. The molecule has 2 atom stereocenters. The molecule has 1 N–H and O–H groups in total. The van der Waals surface area contributed by atoms with Crippen LogP contribution in [0.3, 0.4) is 0 Å². The second-order valence-corrected chi connectivity index (χ2v) is 5.45. The molecule has 0 saturated carbocycles. The van der Waals surface area contributed by atoms with E-state index in [1.165, 1.54) is 30.4 Å². The van der Waals surface area contributed by atoms with Crippen LogP contribution >= 0.6 is 0 Å². The lowest BCUT2D eigenvalue weighted by Gasteiger charge is -2.23. The Morgan fingerprint density at radius 2 is 1.94 bits per heavy atom. The molecule has 0 radical (unpaired) electrons. The molecule has 0 spiro atoms. The first kappa shape index (κ1) is 11.2. The molecule has 2 unspecified atom stereocenters. The van der Waals surface area contributed by atoms with Crippen molar-refractivity contribution in [1.82, 2.24) is 5.32 Å². The molecule has 1 aliphatic carbocycles. The van der Waals surface area contributed by atoms with Crippen LogP contribution in [0.4, 0.5) is 0 Å². The summed E-state index contributed by atoms with van der Waals surface area (Å²) in [4.78, 5) is 0. The first-order valence-corrected chi connectivity index (χ1v) is 6.73. The van der Waals surface area contributed by atoms with Crippen LogP contribution < -0.4 is 5.32 Å². The van der Waals surface area contributed by atoms with Crippen molar-refractivity contribution in [3.8, 4) is 0 Å². The lowest BCUT2D eigenvalue weighted by Crippen LogP contribution is -2.41. The van der Waals surface area contributed by atoms with Crippen LogP contribution in [-0.4, -0.2) is 25.3 Å². The molecule has 1 aromatic rings. The molecule has 0 aromatic heterocycles. The zero-order chi connectivity index (χ0) is 11.7. The molecule has 3 rings (SSSR count). The summed E-state index contributed by atoms with van der Waals surface area (Å²) >= 11 is 0. The highest BCUT2D eigenvalue weighted by Gasteiger charge is 2.27. The summed E-state index contributed by atoms with van der Waals surface area (Å²) in [5, 5.41) is 3.79. The van der Waals surface area contributed by atoms with Gasteiger partial charge in [-0.2, -0.15) is 0 Å². The SMILES string of the molecule is CC(NC1Cc2ccccc2C1)C1CCOC1. The van der Waals surface area contributed by atoms with Crippen molar-refractivity contribution < 1.29 is 4.74 Å². The largest absolute Gasteiger partial charge is 0.381 e. The normalized spacial score (nSPS) is 26.1. The van der Waals surface area contributed by atoms with Crippen molar-refractivity contribution in [2.45, 2.75) is 38.3 Å². The van der Waals surface area contributed by atoms with Crippen LogP contribution in [-0.2, 0) is 17.6 Å². The van der Waals surface area contributed by atoms with Gasteiger partial charge in [-0.25, -0.2) is 0 Å². The standard InChI is InChI=1S/C15H21NO/c1-11(14-6-7-17-10-14)16-15-8-12-4-2-3-5-13(12)9-15/h2-5,11,14-16H,6-10H2,1H3.